The lowest BCUT2D eigenvalue weighted by molar-refractivity contribution is -0.150. The molecule has 0 aromatic heterocycles. The van der Waals surface area contributed by atoms with Crippen LogP contribution in [0.3, 0.4) is 0 Å². The maximum Gasteiger partial charge on any atom is 0.312 e. The molecule has 2 N–H and O–H groups in total. The molecule has 0 aromatic carbocycles. The van der Waals surface area contributed by atoms with E-state index in [0.717, 1.165) is 12.8 Å². The van der Waals surface area contributed by atoms with Gasteiger partial charge in [-0.05, 0) is 26.7 Å². The van der Waals surface area contributed by atoms with Crippen molar-refractivity contribution in [2.75, 3.05) is 20.2 Å². The Morgan fingerprint density at radius 1 is 1.38 bits per heavy atom. The second-order valence-corrected chi connectivity index (χ2v) is 4.82. The Morgan fingerprint density at radius 2 is 2.00 bits per heavy atom. The number of methoxy groups -OCH3 is 1. The van der Waals surface area contributed by atoms with Crippen molar-refractivity contribution in [1.82, 2.24) is 10.6 Å². The van der Waals surface area contributed by atoms with Gasteiger partial charge in [0.25, 0.3) is 0 Å². The molecule has 1 amide bonds. The van der Waals surface area contributed by atoms with Crippen molar-refractivity contribution >= 4 is 11.9 Å². The smallest absolute Gasteiger partial charge is 0.312 e. The quantitative estimate of drug-likeness (QED) is 0.631. The Kier molecular flexibility index (Phi) is 4.29. The van der Waals surface area contributed by atoms with Gasteiger partial charge in [-0.25, -0.2) is 0 Å². The predicted octanol–water partition coefficient (Wildman–Crippen LogP) is 0.0538. The molecule has 5 nitrogen and oxygen atoms in total. The maximum absolute atomic E-state index is 11.3. The van der Waals surface area contributed by atoms with E-state index in [2.05, 4.69) is 15.4 Å². The lowest BCUT2D eigenvalue weighted by Gasteiger charge is -2.21. The van der Waals surface area contributed by atoms with Crippen molar-refractivity contribution in [2.45, 2.75) is 32.7 Å². The number of ether oxygens (including phenoxy) is 1. The van der Waals surface area contributed by atoms with Crippen LogP contribution in [0, 0.1) is 5.41 Å². The first-order valence-corrected chi connectivity index (χ1v) is 5.54. The molecule has 1 aliphatic rings. The molecule has 5 heteroatoms. The van der Waals surface area contributed by atoms with Crippen molar-refractivity contribution in [3.8, 4) is 0 Å². The molecular formula is C11H20N2O3. The van der Waals surface area contributed by atoms with Crippen molar-refractivity contribution in [1.29, 1.82) is 0 Å². The van der Waals surface area contributed by atoms with Crippen LogP contribution >= 0.6 is 0 Å². The number of nitrogens with one attached hydrogen (secondary N) is 2. The zero-order valence-electron chi connectivity index (χ0n) is 10.1. The molecule has 1 saturated carbocycles. The Labute approximate surface area is 95.9 Å². The summed E-state index contributed by atoms with van der Waals surface area (Å²) in [6.07, 6.45) is 2.17. The molecule has 1 fully saturated rings. The molecule has 0 atom stereocenters. The molecular weight excluding hydrogens is 208 g/mol. The van der Waals surface area contributed by atoms with Crippen LogP contribution in [-0.2, 0) is 14.3 Å². The molecule has 0 spiro atoms. The van der Waals surface area contributed by atoms with E-state index in [0.29, 0.717) is 12.6 Å². The van der Waals surface area contributed by atoms with E-state index < -0.39 is 5.41 Å². The predicted molar refractivity (Wildman–Crippen MR) is 59.8 cm³/mol. The van der Waals surface area contributed by atoms with E-state index >= 15 is 0 Å². The van der Waals surface area contributed by atoms with E-state index in [-0.39, 0.29) is 18.4 Å². The third kappa shape index (κ3) is 4.18. The van der Waals surface area contributed by atoms with Gasteiger partial charge in [0, 0.05) is 12.6 Å². The summed E-state index contributed by atoms with van der Waals surface area (Å²) in [5.74, 6) is -0.286. The van der Waals surface area contributed by atoms with Gasteiger partial charge in [0.05, 0.1) is 19.1 Å². The zero-order valence-corrected chi connectivity index (χ0v) is 10.1. The first-order chi connectivity index (χ1) is 7.45. The SMILES string of the molecule is COC(=O)C(C)(C)CNCC(=O)NC1CC1. The second kappa shape index (κ2) is 5.30. The van der Waals surface area contributed by atoms with Crippen LogP contribution in [0.1, 0.15) is 26.7 Å². The van der Waals surface area contributed by atoms with E-state index in [9.17, 15) is 9.59 Å². The number of carbonyl (C=O) groups is 2. The summed E-state index contributed by atoms with van der Waals surface area (Å²) in [5, 5.41) is 5.83. The molecule has 0 aromatic rings. The summed E-state index contributed by atoms with van der Waals surface area (Å²) in [6.45, 7) is 4.24. The van der Waals surface area contributed by atoms with Crippen LogP contribution in [0.25, 0.3) is 0 Å². The molecule has 1 aliphatic carbocycles. The third-order valence-electron chi connectivity index (χ3n) is 2.53. The third-order valence-corrected chi connectivity index (χ3v) is 2.53. The standard InChI is InChI=1S/C11H20N2O3/c1-11(2,10(15)16-3)7-12-6-9(14)13-8-4-5-8/h8,12H,4-7H2,1-3H3,(H,13,14). The zero-order chi connectivity index (χ0) is 12.2. The van der Waals surface area contributed by atoms with Crippen LogP contribution in [0.5, 0.6) is 0 Å². The lowest BCUT2D eigenvalue weighted by atomic mass is 9.94. The Hall–Kier alpha value is -1.10. The lowest BCUT2D eigenvalue weighted by Crippen LogP contribution is -2.42. The highest BCUT2D eigenvalue weighted by Gasteiger charge is 2.28. The Bertz CT molecular complexity index is 272. The number of hydrogen-bond donors (Lipinski definition) is 2. The Morgan fingerprint density at radius 3 is 2.50 bits per heavy atom. The molecule has 0 heterocycles. The average Bonchev–Trinajstić information content (AvgIpc) is 3.00. The molecule has 0 aliphatic heterocycles. The summed E-state index contributed by atoms with van der Waals surface area (Å²) >= 11 is 0. The van der Waals surface area contributed by atoms with E-state index in [1.165, 1.54) is 7.11 Å². The monoisotopic (exact) mass is 228 g/mol. The van der Waals surface area contributed by atoms with Crippen molar-refractivity contribution < 1.29 is 14.3 Å². The first kappa shape index (κ1) is 13.0. The van der Waals surface area contributed by atoms with Gasteiger partial charge < -0.3 is 15.4 Å². The highest BCUT2D eigenvalue weighted by Crippen LogP contribution is 2.18. The number of hydrogen-bond acceptors (Lipinski definition) is 4. The summed E-state index contributed by atoms with van der Waals surface area (Å²) in [7, 11) is 1.36. The van der Waals surface area contributed by atoms with Crippen LogP contribution in [0.4, 0.5) is 0 Å². The van der Waals surface area contributed by atoms with Crippen molar-refractivity contribution in [2.24, 2.45) is 5.41 Å². The minimum Gasteiger partial charge on any atom is -0.469 e. The summed E-state index contributed by atoms with van der Waals surface area (Å²) in [6, 6.07) is 0.378. The van der Waals surface area contributed by atoms with Crippen molar-refractivity contribution in [3.63, 3.8) is 0 Å². The van der Waals surface area contributed by atoms with Gasteiger partial charge in [0.2, 0.25) is 5.91 Å². The normalized spacial score (nSPS) is 15.7. The molecule has 0 unspecified atom stereocenters. The maximum atomic E-state index is 11.3. The minimum absolute atomic E-state index is 0.0110. The van der Waals surface area contributed by atoms with Crippen LogP contribution in [0.15, 0.2) is 0 Å². The van der Waals surface area contributed by atoms with Gasteiger partial charge in [-0.3, -0.25) is 9.59 Å². The number of esters is 1. The van der Waals surface area contributed by atoms with Gasteiger partial charge in [-0.15, -0.1) is 0 Å². The topological polar surface area (TPSA) is 67.4 Å². The highest BCUT2D eigenvalue weighted by molar-refractivity contribution is 5.79. The van der Waals surface area contributed by atoms with Crippen LogP contribution < -0.4 is 10.6 Å². The molecule has 0 bridgehead atoms. The second-order valence-electron chi connectivity index (χ2n) is 4.82. The number of rotatable bonds is 6. The van der Waals surface area contributed by atoms with Gasteiger partial charge in [-0.2, -0.15) is 0 Å². The number of carbonyl (C=O) groups excluding carboxylic acids is 2. The minimum atomic E-state index is -0.603. The molecule has 0 radical (unpaired) electrons. The molecule has 1 rings (SSSR count). The number of amides is 1. The molecule has 92 valence electrons. The summed E-state index contributed by atoms with van der Waals surface area (Å²) in [4.78, 5) is 22.7. The van der Waals surface area contributed by atoms with E-state index in [1.807, 2.05) is 0 Å². The van der Waals surface area contributed by atoms with E-state index in [4.69, 9.17) is 0 Å². The fourth-order valence-electron chi connectivity index (χ4n) is 1.34. The Balaban J connectivity index is 2.17. The fourth-order valence-corrected chi connectivity index (χ4v) is 1.34. The fraction of sp³-hybridized carbons (Fsp3) is 0.818. The first-order valence-electron chi connectivity index (χ1n) is 5.54. The van der Waals surface area contributed by atoms with Crippen LogP contribution in [0.2, 0.25) is 0 Å². The van der Waals surface area contributed by atoms with Gasteiger partial charge in [-0.1, -0.05) is 0 Å². The van der Waals surface area contributed by atoms with Gasteiger partial charge in [0.1, 0.15) is 0 Å². The molecule has 16 heavy (non-hydrogen) atoms. The van der Waals surface area contributed by atoms with Crippen molar-refractivity contribution in [3.05, 3.63) is 0 Å². The van der Waals surface area contributed by atoms with Gasteiger partial charge in [0.15, 0.2) is 0 Å². The average molecular weight is 228 g/mol. The van der Waals surface area contributed by atoms with E-state index in [1.54, 1.807) is 13.8 Å². The van der Waals surface area contributed by atoms with Gasteiger partial charge >= 0.3 is 5.97 Å². The summed E-state index contributed by atoms with van der Waals surface area (Å²) < 4.78 is 4.67. The largest absolute Gasteiger partial charge is 0.469 e. The summed E-state index contributed by atoms with van der Waals surface area (Å²) in [5.41, 5.74) is -0.603. The molecule has 0 saturated heterocycles. The van der Waals surface area contributed by atoms with Crippen LogP contribution in [-0.4, -0.2) is 38.1 Å². The highest BCUT2D eigenvalue weighted by atomic mass is 16.5.